The fourth-order valence-electron chi connectivity index (χ4n) is 1.71. The summed E-state index contributed by atoms with van der Waals surface area (Å²) in [7, 11) is 0. The number of benzene rings is 2. The molecule has 0 aliphatic rings. The average Bonchev–Trinajstić information content (AvgIpc) is 2.46. The van der Waals surface area contributed by atoms with Crippen LogP contribution in [0.5, 0.6) is 5.75 Å². The summed E-state index contributed by atoms with van der Waals surface area (Å²) >= 11 is 3.45. The monoisotopic (exact) mass is 321 g/mol. The van der Waals surface area contributed by atoms with Gasteiger partial charge in [-0.15, -0.1) is 0 Å². The average molecular weight is 322 g/mol. The van der Waals surface area contributed by atoms with Gasteiger partial charge >= 0.3 is 0 Å². The summed E-state index contributed by atoms with van der Waals surface area (Å²) in [6.45, 7) is 1.17. The van der Waals surface area contributed by atoms with Crippen molar-refractivity contribution in [2.45, 2.75) is 13.2 Å². The van der Waals surface area contributed by atoms with Crippen LogP contribution in [0, 0.1) is 0 Å². The van der Waals surface area contributed by atoms with Gasteiger partial charge in [-0.05, 0) is 27.6 Å². The van der Waals surface area contributed by atoms with Gasteiger partial charge < -0.3 is 15.2 Å². The molecule has 0 aliphatic carbocycles. The van der Waals surface area contributed by atoms with E-state index >= 15 is 0 Å². The van der Waals surface area contributed by atoms with Crippen LogP contribution in [0.15, 0.2) is 53.0 Å². The van der Waals surface area contributed by atoms with Crippen molar-refractivity contribution in [1.82, 2.24) is 0 Å². The van der Waals surface area contributed by atoms with Crippen LogP contribution in [0.3, 0.4) is 0 Å². The Morgan fingerprint density at radius 3 is 2.53 bits per heavy atom. The third-order valence-corrected chi connectivity index (χ3v) is 3.29. The number of ether oxygens (including phenoxy) is 2. The molecule has 2 rings (SSSR count). The normalized spacial score (nSPS) is 10.4. The Kier molecular flexibility index (Phi) is 5.39. The van der Waals surface area contributed by atoms with Crippen molar-refractivity contribution < 1.29 is 9.47 Å². The molecule has 0 amide bonds. The lowest BCUT2D eigenvalue weighted by Crippen LogP contribution is -2.07. The number of rotatable bonds is 6. The fraction of sp³-hybridized carbons (Fsp3) is 0.200. The Bertz CT molecular complexity index is 517. The summed E-state index contributed by atoms with van der Waals surface area (Å²) in [5.74, 6) is 0.748. The van der Waals surface area contributed by atoms with Gasteiger partial charge in [0, 0.05) is 12.1 Å². The molecule has 19 heavy (non-hydrogen) atoms. The van der Waals surface area contributed by atoms with E-state index < -0.39 is 0 Å². The third kappa shape index (κ3) is 4.06. The van der Waals surface area contributed by atoms with Crippen LogP contribution in [0.2, 0.25) is 0 Å². The summed E-state index contributed by atoms with van der Waals surface area (Å²) in [4.78, 5) is 0. The fourth-order valence-corrected chi connectivity index (χ4v) is 2.23. The van der Waals surface area contributed by atoms with E-state index in [1.165, 1.54) is 0 Å². The topological polar surface area (TPSA) is 44.5 Å². The SMILES string of the molecule is NCc1cccc(Br)c1OCOCc1ccccc1. The highest BCUT2D eigenvalue weighted by atomic mass is 79.9. The van der Waals surface area contributed by atoms with Crippen LogP contribution >= 0.6 is 15.9 Å². The molecule has 0 saturated carbocycles. The molecule has 0 heterocycles. The van der Waals surface area contributed by atoms with Crippen molar-refractivity contribution in [3.05, 3.63) is 64.1 Å². The van der Waals surface area contributed by atoms with Gasteiger partial charge in [0.2, 0.25) is 0 Å². The van der Waals surface area contributed by atoms with Crippen LogP contribution in [0.1, 0.15) is 11.1 Å². The Labute approximate surface area is 121 Å². The Balaban J connectivity index is 1.86. The van der Waals surface area contributed by atoms with Crippen molar-refractivity contribution in [2.24, 2.45) is 5.73 Å². The minimum absolute atomic E-state index is 0.199. The molecule has 0 aromatic heterocycles. The van der Waals surface area contributed by atoms with Gasteiger partial charge in [-0.25, -0.2) is 0 Å². The summed E-state index contributed by atoms with van der Waals surface area (Å²) in [5, 5.41) is 0. The zero-order chi connectivity index (χ0) is 13.5. The molecule has 0 atom stereocenters. The molecule has 2 aromatic rings. The summed E-state index contributed by atoms with van der Waals surface area (Å²) in [5.41, 5.74) is 7.75. The van der Waals surface area contributed by atoms with Gasteiger partial charge in [-0.2, -0.15) is 0 Å². The van der Waals surface area contributed by atoms with Gasteiger partial charge in [-0.3, -0.25) is 0 Å². The predicted octanol–water partition coefficient (Wildman–Crippen LogP) is 3.46. The van der Waals surface area contributed by atoms with E-state index in [1.807, 2.05) is 48.5 Å². The number of nitrogens with two attached hydrogens (primary N) is 1. The minimum atomic E-state index is 0.199. The second-order valence-corrected chi connectivity index (χ2v) is 4.88. The first-order valence-electron chi connectivity index (χ1n) is 6.03. The van der Waals surface area contributed by atoms with Crippen LogP contribution in [0.25, 0.3) is 0 Å². The first kappa shape index (κ1) is 14.1. The Hall–Kier alpha value is -1.36. The van der Waals surface area contributed by atoms with Crippen molar-refractivity contribution in [3.8, 4) is 5.75 Å². The molecular weight excluding hydrogens is 306 g/mol. The highest BCUT2D eigenvalue weighted by molar-refractivity contribution is 9.10. The molecule has 0 radical (unpaired) electrons. The largest absolute Gasteiger partial charge is 0.466 e. The second-order valence-electron chi connectivity index (χ2n) is 4.03. The van der Waals surface area contributed by atoms with Crippen molar-refractivity contribution >= 4 is 15.9 Å². The van der Waals surface area contributed by atoms with E-state index in [0.29, 0.717) is 13.2 Å². The van der Waals surface area contributed by atoms with E-state index in [-0.39, 0.29) is 6.79 Å². The second kappa shape index (κ2) is 7.28. The molecule has 3 nitrogen and oxygen atoms in total. The van der Waals surface area contributed by atoms with E-state index in [0.717, 1.165) is 21.3 Å². The summed E-state index contributed by atoms with van der Waals surface area (Å²) in [6.07, 6.45) is 0. The van der Waals surface area contributed by atoms with Gasteiger partial charge in [0.1, 0.15) is 5.75 Å². The smallest absolute Gasteiger partial charge is 0.189 e. The Morgan fingerprint density at radius 1 is 1.00 bits per heavy atom. The van der Waals surface area contributed by atoms with Crippen LogP contribution in [0.4, 0.5) is 0 Å². The lowest BCUT2D eigenvalue weighted by molar-refractivity contribution is 0.00413. The van der Waals surface area contributed by atoms with Gasteiger partial charge in [0.15, 0.2) is 6.79 Å². The molecule has 2 N–H and O–H groups in total. The van der Waals surface area contributed by atoms with Crippen molar-refractivity contribution in [1.29, 1.82) is 0 Å². The standard InChI is InChI=1S/C15H16BrNO2/c16-14-8-4-7-13(9-17)15(14)19-11-18-10-12-5-2-1-3-6-12/h1-8H,9-11,17H2. The molecule has 0 fully saturated rings. The lowest BCUT2D eigenvalue weighted by Gasteiger charge is -2.12. The van der Waals surface area contributed by atoms with E-state index in [9.17, 15) is 0 Å². The maximum atomic E-state index is 5.67. The van der Waals surface area contributed by atoms with E-state index in [4.69, 9.17) is 15.2 Å². The third-order valence-electron chi connectivity index (χ3n) is 2.67. The summed E-state index contributed by atoms with van der Waals surface area (Å²) < 4.78 is 12.0. The van der Waals surface area contributed by atoms with E-state index in [1.54, 1.807) is 0 Å². The predicted molar refractivity (Wildman–Crippen MR) is 78.8 cm³/mol. The number of hydrogen-bond acceptors (Lipinski definition) is 3. The van der Waals surface area contributed by atoms with Crippen LogP contribution in [-0.2, 0) is 17.9 Å². The maximum Gasteiger partial charge on any atom is 0.189 e. The molecule has 0 saturated heterocycles. The number of halogens is 1. The molecule has 0 unspecified atom stereocenters. The van der Waals surface area contributed by atoms with Crippen molar-refractivity contribution in [2.75, 3.05) is 6.79 Å². The highest BCUT2D eigenvalue weighted by Crippen LogP contribution is 2.28. The quantitative estimate of drug-likeness (QED) is 0.654. The van der Waals surface area contributed by atoms with Gasteiger partial charge in [0.05, 0.1) is 11.1 Å². The zero-order valence-electron chi connectivity index (χ0n) is 10.5. The van der Waals surface area contributed by atoms with Crippen molar-refractivity contribution in [3.63, 3.8) is 0 Å². The van der Waals surface area contributed by atoms with Crippen LogP contribution in [-0.4, -0.2) is 6.79 Å². The zero-order valence-corrected chi connectivity index (χ0v) is 12.1. The molecule has 0 aliphatic heterocycles. The molecule has 4 heteroatoms. The van der Waals surface area contributed by atoms with E-state index in [2.05, 4.69) is 15.9 Å². The van der Waals surface area contributed by atoms with Crippen LogP contribution < -0.4 is 10.5 Å². The molecule has 0 spiro atoms. The Morgan fingerprint density at radius 2 is 1.79 bits per heavy atom. The first-order chi connectivity index (χ1) is 9.31. The lowest BCUT2D eigenvalue weighted by atomic mass is 10.2. The molecule has 2 aromatic carbocycles. The number of hydrogen-bond donors (Lipinski definition) is 1. The molecular formula is C15H16BrNO2. The first-order valence-corrected chi connectivity index (χ1v) is 6.82. The van der Waals surface area contributed by atoms with Gasteiger partial charge in [-0.1, -0.05) is 42.5 Å². The minimum Gasteiger partial charge on any atom is -0.466 e. The highest BCUT2D eigenvalue weighted by Gasteiger charge is 2.06. The molecule has 0 bridgehead atoms. The molecule has 100 valence electrons. The maximum absolute atomic E-state index is 5.67. The number of para-hydroxylation sites is 1. The summed E-state index contributed by atoms with van der Waals surface area (Å²) in [6, 6.07) is 15.8. The van der Waals surface area contributed by atoms with Gasteiger partial charge in [0.25, 0.3) is 0 Å².